The number of nitrogens with one attached hydrogen (secondary N) is 2. The summed E-state index contributed by atoms with van der Waals surface area (Å²) in [6.07, 6.45) is 15.5. The topological polar surface area (TPSA) is 119 Å². The smallest absolute Gasteiger partial charge is 0.270 e. The molecule has 0 bridgehead atoms. The molecule has 1 saturated heterocycles. The van der Waals surface area contributed by atoms with Crippen LogP contribution in [0.4, 0.5) is 0 Å². The summed E-state index contributed by atoms with van der Waals surface area (Å²) in [7, 11) is 0. The third-order valence-corrected chi connectivity index (χ3v) is 10.3. The molecule has 1 aliphatic heterocycles. The maximum absolute atomic E-state index is 13.8. The number of hydrogen-bond acceptors (Lipinski definition) is 6. The summed E-state index contributed by atoms with van der Waals surface area (Å²) in [5.41, 5.74) is 1.03. The minimum absolute atomic E-state index is 0.0205. The van der Waals surface area contributed by atoms with E-state index >= 15 is 0 Å². The lowest BCUT2D eigenvalue weighted by Gasteiger charge is -2.34. The number of nitrogens with zero attached hydrogens (tertiary/aromatic N) is 3. The number of nitriles is 1. The van der Waals surface area contributed by atoms with E-state index in [1.54, 1.807) is 4.90 Å². The van der Waals surface area contributed by atoms with E-state index in [-0.39, 0.29) is 58.6 Å². The maximum atomic E-state index is 13.8. The minimum atomic E-state index is -0.946. The molecular weight excluding hydrogens is 522 g/mol. The zero-order valence-corrected chi connectivity index (χ0v) is 24.6. The van der Waals surface area contributed by atoms with E-state index in [9.17, 15) is 19.6 Å². The summed E-state index contributed by atoms with van der Waals surface area (Å²) in [6.45, 7) is 6.86. The molecule has 4 aliphatic rings. The van der Waals surface area contributed by atoms with Gasteiger partial charge >= 0.3 is 0 Å². The predicted octanol–water partition coefficient (Wildman–Crippen LogP) is 4.14. The van der Waals surface area contributed by atoms with Gasteiger partial charge in [0, 0.05) is 13.0 Å². The van der Waals surface area contributed by atoms with Gasteiger partial charge in [-0.05, 0) is 54.1 Å². The van der Waals surface area contributed by atoms with Crippen molar-refractivity contribution in [1.82, 2.24) is 20.2 Å². The lowest BCUT2D eigenvalue weighted by molar-refractivity contribution is -0.140. The van der Waals surface area contributed by atoms with Crippen LogP contribution in [0.3, 0.4) is 0 Å². The van der Waals surface area contributed by atoms with Crippen molar-refractivity contribution in [3.63, 3.8) is 0 Å². The second-order valence-electron chi connectivity index (χ2n) is 12.7. The zero-order chi connectivity index (χ0) is 28.6. The number of aromatic nitrogens is 2. The third-order valence-electron chi connectivity index (χ3n) is 9.65. The number of rotatable bonds is 6. The number of thiol groups is 1. The molecule has 5 rings (SSSR count). The Morgan fingerprint density at radius 1 is 1.20 bits per heavy atom. The van der Waals surface area contributed by atoms with Gasteiger partial charge in [0.15, 0.2) is 0 Å². The average Bonchev–Trinajstić information content (AvgIpc) is 3.26. The summed E-state index contributed by atoms with van der Waals surface area (Å²) in [6, 6.07) is 0.552. The zero-order valence-electron chi connectivity index (χ0n) is 23.7. The second-order valence-corrected chi connectivity index (χ2v) is 13.3. The van der Waals surface area contributed by atoms with Crippen molar-refractivity contribution < 1.29 is 9.59 Å². The third kappa shape index (κ3) is 5.65. The van der Waals surface area contributed by atoms with Gasteiger partial charge in [-0.2, -0.15) is 17.9 Å². The van der Waals surface area contributed by atoms with Crippen LogP contribution in [0.2, 0.25) is 0 Å². The molecule has 6 unspecified atom stereocenters. The standard InChI is InChI=1S/C31H41N5O3S/c1-18-11-13-22-23(14-12-18)35-28(37)24(34-22)15-20(16-32)33-29(38)26-25-21(31(25,2)3)17-36(26)30(39)27(40)19-9-7-5-4-6-8-10-19/h11-14,18-21,25-27,40H,4-10,15,17H2,1-3H3,(H,33,38)(H,35,37). The van der Waals surface area contributed by atoms with Crippen molar-refractivity contribution in [3.05, 3.63) is 39.6 Å². The van der Waals surface area contributed by atoms with Crippen molar-refractivity contribution in [2.24, 2.45) is 29.1 Å². The number of piperidine rings is 1. The number of amides is 2. The Balaban J connectivity index is 1.31. The molecule has 1 aromatic rings. The normalized spacial score (nSPS) is 28.7. The van der Waals surface area contributed by atoms with E-state index in [0.717, 1.165) is 25.7 Å². The Hall–Kier alpha value is -2.86. The van der Waals surface area contributed by atoms with Gasteiger partial charge in [0.25, 0.3) is 5.56 Å². The van der Waals surface area contributed by atoms with Crippen LogP contribution in [0.25, 0.3) is 12.2 Å². The van der Waals surface area contributed by atoms with Gasteiger partial charge in [-0.25, -0.2) is 4.98 Å². The summed E-state index contributed by atoms with van der Waals surface area (Å²) in [5.74, 6) is 0.323. The fraction of sp³-hybridized carbons (Fsp3) is 0.645. The fourth-order valence-electron chi connectivity index (χ4n) is 7.03. The van der Waals surface area contributed by atoms with E-state index in [4.69, 9.17) is 12.6 Å². The molecule has 6 atom stereocenters. The fourth-order valence-corrected chi connectivity index (χ4v) is 7.48. The molecule has 1 aromatic heterocycles. The lowest BCUT2D eigenvalue weighted by atomic mass is 9.87. The highest BCUT2D eigenvalue weighted by atomic mass is 32.1. The molecule has 0 aromatic carbocycles. The van der Waals surface area contributed by atoms with Crippen LogP contribution in [-0.4, -0.2) is 50.6 Å². The minimum Gasteiger partial charge on any atom is -0.338 e. The first kappa shape index (κ1) is 28.7. The first-order valence-corrected chi connectivity index (χ1v) is 15.3. The predicted molar refractivity (Wildman–Crippen MR) is 158 cm³/mol. The number of carbonyl (C=O) groups excluding carboxylic acids is 2. The molecule has 9 heteroatoms. The Morgan fingerprint density at radius 2 is 1.88 bits per heavy atom. The maximum Gasteiger partial charge on any atom is 0.270 e. The van der Waals surface area contributed by atoms with Crippen molar-refractivity contribution in [2.45, 2.75) is 89.5 Å². The molecule has 3 fully saturated rings. The Bertz CT molecular complexity index is 1300. The van der Waals surface area contributed by atoms with Crippen LogP contribution < -0.4 is 10.9 Å². The molecule has 214 valence electrons. The number of allylic oxidation sites excluding steroid dienone is 2. The van der Waals surface area contributed by atoms with Gasteiger partial charge in [-0.15, -0.1) is 0 Å². The molecule has 0 radical (unpaired) electrons. The molecule has 3 aliphatic carbocycles. The van der Waals surface area contributed by atoms with Crippen LogP contribution in [0.1, 0.15) is 82.8 Å². The van der Waals surface area contributed by atoms with Crippen LogP contribution in [0.15, 0.2) is 16.9 Å². The number of fused-ring (bicyclic) bond motifs is 2. The SMILES string of the molecule is CC1C=Cc2nc(CC(C#N)NC(=O)C3C4C(CN3C(=O)C(S)C3CCCCCCC3)C4(C)C)c(=O)[nH]c2C=C1. The van der Waals surface area contributed by atoms with E-state index in [0.29, 0.717) is 17.9 Å². The highest BCUT2D eigenvalue weighted by molar-refractivity contribution is 7.81. The van der Waals surface area contributed by atoms with Gasteiger partial charge in [-0.3, -0.25) is 14.4 Å². The largest absolute Gasteiger partial charge is 0.338 e. The van der Waals surface area contributed by atoms with E-state index in [1.807, 2.05) is 31.2 Å². The van der Waals surface area contributed by atoms with Crippen LogP contribution in [0, 0.1) is 40.4 Å². The van der Waals surface area contributed by atoms with Crippen LogP contribution in [-0.2, 0) is 16.0 Å². The first-order valence-electron chi connectivity index (χ1n) is 14.8. The van der Waals surface area contributed by atoms with Crippen molar-refractivity contribution in [3.8, 4) is 6.07 Å². The number of H-pyrrole nitrogens is 1. The number of likely N-dealkylation sites (tertiary alicyclic amines) is 1. The average molecular weight is 564 g/mol. The Labute approximate surface area is 242 Å². The van der Waals surface area contributed by atoms with Gasteiger partial charge in [0.05, 0.1) is 22.7 Å². The van der Waals surface area contributed by atoms with Gasteiger partial charge in [0.1, 0.15) is 17.8 Å². The van der Waals surface area contributed by atoms with Crippen molar-refractivity contribution in [1.29, 1.82) is 5.26 Å². The van der Waals surface area contributed by atoms with Crippen LogP contribution in [0.5, 0.6) is 0 Å². The van der Waals surface area contributed by atoms with Crippen LogP contribution >= 0.6 is 12.6 Å². The molecule has 8 nitrogen and oxygen atoms in total. The molecule has 0 spiro atoms. The summed E-state index contributed by atoms with van der Waals surface area (Å²) in [4.78, 5) is 49.4. The van der Waals surface area contributed by atoms with E-state index in [2.05, 4.69) is 35.2 Å². The van der Waals surface area contributed by atoms with E-state index in [1.165, 1.54) is 19.3 Å². The number of hydrogen-bond donors (Lipinski definition) is 3. The molecular formula is C31H41N5O3S. The van der Waals surface area contributed by atoms with E-state index < -0.39 is 17.3 Å². The monoisotopic (exact) mass is 563 g/mol. The highest BCUT2D eigenvalue weighted by Crippen LogP contribution is 2.65. The van der Waals surface area contributed by atoms with Gasteiger partial charge in [0.2, 0.25) is 11.8 Å². The molecule has 2 amide bonds. The molecule has 2 N–H and O–H groups in total. The van der Waals surface area contributed by atoms with Crippen molar-refractivity contribution >= 4 is 36.6 Å². The molecule has 2 saturated carbocycles. The quantitative estimate of drug-likeness (QED) is 0.450. The summed E-state index contributed by atoms with van der Waals surface area (Å²) >= 11 is 4.81. The summed E-state index contributed by atoms with van der Waals surface area (Å²) < 4.78 is 0. The van der Waals surface area contributed by atoms with Gasteiger partial charge < -0.3 is 15.2 Å². The first-order chi connectivity index (χ1) is 19.1. The summed E-state index contributed by atoms with van der Waals surface area (Å²) in [5, 5.41) is 12.4. The number of carbonyl (C=O) groups is 2. The second kappa shape index (κ2) is 11.6. The van der Waals surface area contributed by atoms with Gasteiger partial charge in [-0.1, -0.05) is 65.0 Å². The van der Waals surface area contributed by atoms with Crippen molar-refractivity contribution in [2.75, 3.05) is 6.54 Å². The molecule has 40 heavy (non-hydrogen) atoms. The Kier molecular flexibility index (Phi) is 8.28. The lowest BCUT2D eigenvalue weighted by Crippen LogP contribution is -2.54. The Morgan fingerprint density at radius 3 is 2.58 bits per heavy atom. The highest BCUT2D eigenvalue weighted by Gasteiger charge is 2.69. The molecule has 2 heterocycles. The number of aromatic amines is 1.